The van der Waals surface area contributed by atoms with Gasteiger partial charge in [0.25, 0.3) is 0 Å². The molecule has 6 nitrogen and oxygen atoms in total. The molecule has 0 aromatic rings. The molecule has 3 atom stereocenters. The van der Waals surface area contributed by atoms with Crippen LogP contribution in [0.2, 0.25) is 0 Å². The molecule has 1 aliphatic rings. The number of hydrogen-bond donors (Lipinski definition) is 2. The Morgan fingerprint density at radius 2 is 2.45 bits per heavy atom. The SMILES string of the molecule is [N-]=[N+]=N[C@@H]1CO[C@H](CO)[C@H]1O. The molecule has 0 radical (unpaired) electrons. The Balaban J connectivity index is 2.54. The predicted molar refractivity (Wildman–Crippen MR) is 35.8 cm³/mol. The zero-order valence-electron chi connectivity index (χ0n) is 5.79. The zero-order chi connectivity index (χ0) is 8.27. The number of aliphatic hydroxyl groups excluding tert-OH is 2. The number of azide groups is 1. The Bertz CT molecular complexity index is 180. The lowest BCUT2D eigenvalue weighted by Crippen LogP contribution is -2.30. The molecular formula is C5H9N3O3. The minimum absolute atomic E-state index is 0.177. The monoisotopic (exact) mass is 159 g/mol. The molecule has 1 aliphatic heterocycles. The quantitative estimate of drug-likeness (QED) is 0.320. The lowest BCUT2D eigenvalue weighted by Gasteiger charge is -2.10. The van der Waals surface area contributed by atoms with Gasteiger partial charge in [-0.15, -0.1) is 0 Å². The third-order valence-electron chi connectivity index (χ3n) is 1.64. The highest BCUT2D eigenvalue weighted by Gasteiger charge is 2.34. The average Bonchev–Trinajstić information content (AvgIpc) is 2.34. The van der Waals surface area contributed by atoms with Gasteiger partial charge in [-0.25, -0.2) is 0 Å². The Hall–Kier alpha value is -0.810. The van der Waals surface area contributed by atoms with Crippen molar-refractivity contribution in [2.24, 2.45) is 5.11 Å². The van der Waals surface area contributed by atoms with Crippen LogP contribution in [-0.2, 0) is 4.74 Å². The lowest BCUT2D eigenvalue weighted by atomic mass is 10.1. The van der Waals surface area contributed by atoms with Crippen molar-refractivity contribution >= 4 is 0 Å². The lowest BCUT2D eigenvalue weighted by molar-refractivity contribution is 0.00337. The molecule has 2 N–H and O–H groups in total. The van der Waals surface area contributed by atoms with E-state index in [4.69, 9.17) is 15.4 Å². The van der Waals surface area contributed by atoms with Gasteiger partial charge < -0.3 is 14.9 Å². The van der Waals surface area contributed by atoms with Gasteiger partial charge in [0, 0.05) is 4.91 Å². The molecule has 0 aromatic carbocycles. The fraction of sp³-hybridized carbons (Fsp3) is 1.00. The zero-order valence-corrected chi connectivity index (χ0v) is 5.79. The van der Waals surface area contributed by atoms with E-state index >= 15 is 0 Å². The van der Waals surface area contributed by atoms with Crippen LogP contribution < -0.4 is 0 Å². The van der Waals surface area contributed by atoms with Crippen LogP contribution in [-0.4, -0.2) is 41.7 Å². The van der Waals surface area contributed by atoms with Crippen LogP contribution in [0.15, 0.2) is 5.11 Å². The van der Waals surface area contributed by atoms with Crippen LogP contribution in [0.1, 0.15) is 0 Å². The number of ether oxygens (including phenoxy) is 1. The maximum absolute atomic E-state index is 9.23. The van der Waals surface area contributed by atoms with E-state index in [2.05, 4.69) is 10.0 Å². The number of aliphatic hydroxyl groups is 2. The van der Waals surface area contributed by atoms with Crippen LogP contribution in [0, 0.1) is 0 Å². The van der Waals surface area contributed by atoms with E-state index in [1.54, 1.807) is 0 Å². The minimum atomic E-state index is -0.879. The summed E-state index contributed by atoms with van der Waals surface area (Å²) in [6.07, 6.45) is -1.48. The Kier molecular flexibility index (Phi) is 2.67. The van der Waals surface area contributed by atoms with Gasteiger partial charge in [-0.1, -0.05) is 5.11 Å². The summed E-state index contributed by atoms with van der Waals surface area (Å²) in [7, 11) is 0. The molecule has 1 heterocycles. The second-order valence-corrected chi connectivity index (χ2v) is 2.32. The molecule has 6 heteroatoms. The molecule has 0 bridgehead atoms. The molecule has 0 aliphatic carbocycles. The molecule has 62 valence electrons. The van der Waals surface area contributed by atoms with Crippen LogP contribution in [0.3, 0.4) is 0 Å². The van der Waals surface area contributed by atoms with Gasteiger partial charge >= 0.3 is 0 Å². The molecular weight excluding hydrogens is 150 g/mol. The van der Waals surface area contributed by atoms with E-state index in [-0.39, 0.29) is 13.2 Å². The maximum Gasteiger partial charge on any atom is 0.107 e. The summed E-state index contributed by atoms with van der Waals surface area (Å²) in [5.74, 6) is 0. The van der Waals surface area contributed by atoms with Gasteiger partial charge in [-0.2, -0.15) is 0 Å². The summed E-state index contributed by atoms with van der Waals surface area (Å²) in [6, 6.07) is -0.558. The van der Waals surface area contributed by atoms with E-state index in [9.17, 15) is 5.11 Å². The highest BCUT2D eigenvalue weighted by molar-refractivity contribution is 4.88. The van der Waals surface area contributed by atoms with Gasteiger partial charge in [0.05, 0.1) is 25.4 Å². The molecule has 1 fully saturated rings. The normalized spacial score (nSPS) is 36.7. The first-order valence-corrected chi connectivity index (χ1v) is 3.24. The molecule has 0 amide bonds. The highest BCUT2D eigenvalue weighted by Crippen LogP contribution is 2.16. The van der Waals surface area contributed by atoms with Gasteiger partial charge in [-0.05, 0) is 5.53 Å². The fourth-order valence-electron chi connectivity index (χ4n) is 0.996. The summed E-state index contributed by atoms with van der Waals surface area (Å²) in [5, 5.41) is 21.1. The summed E-state index contributed by atoms with van der Waals surface area (Å²) >= 11 is 0. The average molecular weight is 159 g/mol. The van der Waals surface area contributed by atoms with Crippen LogP contribution >= 0.6 is 0 Å². The Labute approximate surface area is 63.0 Å². The largest absolute Gasteiger partial charge is 0.394 e. The van der Waals surface area contributed by atoms with Crippen LogP contribution in [0.5, 0.6) is 0 Å². The topological polar surface area (TPSA) is 98.5 Å². The standard InChI is InChI=1S/C5H9N3O3/c6-8-7-3-2-11-4(1-9)5(3)10/h3-5,9-10H,1-2H2/t3-,4-,5+/m1/s1. The predicted octanol–water partition coefficient (Wildman–Crippen LogP) is -0.583. The van der Waals surface area contributed by atoms with Crippen molar-refractivity contribution in [1.29, 1.82) is 0 Å². The summed E-state index contributed by atoms with van der Waals surface area (Å²) in [6.45, 7) is -0.0743. The molecule has 1 saturated heterocycles. The van der Waals surface area contributed by atoms with Crippen molar-refractivity contribution in [1.82, 2.24) is 0 Å². The molecule has 1 rings (SSSR count). The van der Waals surface area contributed by atoms with Crippen LogP contribution in [0.25, 0.3) is 10.4 Å². The van der Waals surface area contributed by atoms with E-state index in [1.807, 2.05) is 0 Å². The summed E-state index contributed by atoms with van der Waals surface area (Å²) in [5.41, 5.74) is 8.03. The van der Waals surface area contributed by atoms with Crippen molar-refractivity contribution in [2.45, 2.75) is 18.2 Å². The minimum Gasteiger partial charge on any atom is -0.394 e. The van der Waals surface area contributed by atoms with Crippen LogP contribution in [0.4, 0.5) is 0 Å². The third kappa shape index (κ3) is 1.61. The maximum atomic E-state index is 9.23. The van der Waals surface area contributed by atoms with Gasteiger partial charge in [0.2, 0.25) is 0 Å². The van der Waals surface area contributed by atoms with Gasteiger partial charge in [0.1, 0.15) is 6.10 Å². The van der Waals surface area contributed by atoms with Gasteiger partial charge in [0.15, 0.2) is 0 Å². The van der Waals surface area contributed by atoms with E-state index < -0.39 is 18.2 Å². The molecule has 0 saturated carbocycles. The van der Waals surface area contributed by atoms with Crippen molar-refractivity contribution in [2.75, 3.05) is 13.2 Å². The first-order valence-electron chi connectivity index (χ1n) is 3.24. The third-order valence-corrected chi connectivity index (χ3v) is 1.64. The van der Waals surface area contributed by atoms with E-state index in [1.165, 1.54) is 0 Å². The number of rotatable bonds is 2. The molecule has 0 unspecified atom stereocenters. The molecule has 0 spiro atoms. The smallest absolute Gasteiger partial charge is 0.107 e. The first-order chi connectivity index (χ1) is 5.29. The number of hydrogen-bond acceptors (Lipinski definition) is 4. The Morgan fingerprint density at radius 1 is 1.73 bits per heavy atom. The summed E-state index contributed by atoms with van der Waals surface area (Å²) in [4.78, 5) is 2.54. The highest BCUT2D eigenvalue weighted by atomic mass is 16.5. The number of nitrogens with zero attached hydrogens (tertiary/aromatic N) is 3. The Morgan fingerprint density at radius 3 is 2.91 bits per heavy atom. The molecule has 0 aromatic heterocycles. The van der Waals surface area contributed by atoms with Crippen molar-refractivity contribution in [3.63, 3.8) is 0 Å². The van der Waals surface area contributed by atoms with Crippen molar-refractivity contribution in [3.05, 3.63) is 10.4 Å². The second-order valence-electron chi connectivity index (χ2n) is 2.32. The van der Waals surface area contributed by atoms with Crippen molar-refractivity contribution < 1.29 is 14.9 Å². The van der Waals surface area contributed by atoms with E-state index in [0.717, 1.165) is 0 Å². The van der Waals surface area contributed by atoms with E-state index in [0.29, 0.717) is 0 Å². The molecule has 11 heavy (non-hydrogen) atoms. The summed E-state index contributed by atoms with van der Waals surface area (Å²) < 4.78 is 4.91. The fourth-order valence-corrected chi connectivity index (χ4v) is 0.996. The first kappa shape index (κ1) is 8.29. The van der Waals surface area contributed by atoms with Gasteiger partial charge in [-0.3, -0.25) is 0 Å². The van der Waals surface area contributed by atoms with Crippen molar-refractivity contribution in [3.8, 4) is 0 Å². The second kappa shape index (κ2) is 3.54.